The van der Waals surface area contributed by atoms with E-state index >= 15 is 0 Å². The van der Waals surface area contributed by atoms with Crippen LogP contribution in [-0.4, -0.2) is 21.1 Å². The summed E-state index contributed by atoms with van der Waals surface area (Å²) in [7, 11) is 0. The molecule has 2 aromatic rings. The van der Waals surface area contributed by atoms with Crippen LogP contribution in [0.1, 0.15) is 6.92 Å². The molecule has 0 aliphatic carbocycles. The van der Waals surface area contributed by atoms with Crippen molar-refractivity contribution in [3.63, 3.8) is 0 Å². The van der Waals surface area contributed by atoms with Crippen LogP contribution in [0, 0.1) is 0 Å². The van der Waals surface area contributed by atoms with Crippen molar-refractivity contribution >= 4 is 39.3 Å². The van der Waals surface area contributed by atoms with Crippen molar-refractivity contribution in [2.45, 2.75) is 17.3 Å². The van der Waals surface area contributed by atoms with E-state index in [1.807, 2.05) is 31.2 Å². The zero-order valence-corrected chi connectivity index (χ0v) is 12.6. The van der Waals surface area contributed by atoms with Gasteiger partial charge in [-0.05, 0) is 31.2 Å². The standard InChI is InChI=1S/C13H12BrN3OS/c1-9(19-13-15-6-3-7-16-13)12(18)17-11-5-2-4-10(14)8-11/h2-9H,1H3,(H,17,18). The summed E-state index contributed by atoms with van der Waals surface area (Å²) in [6.45, 7) is 1.83. The molecule has 98 valence electrons. The number of rotatable bonds is 4. The van der Waals surface area contributed by atoms with Crippen molar-refractivity contribution in [2.24, 2.45) is 0 Å². The fraction of sp³-hybridized carbons (Fsp3) is 0.154. The van der Waals surface area contributed by atoms with Gasteiger partial charge in [0.1, 0.15) is 0 Å². The van der Waals surface area contributed by atoms with Gasteiger partial charge in [0.25, 0.3) is 0 Å². The van der Waals surface area contributed by atoms with Crippen molar-refractivity contribution in [3.05, 3.63) is 47.2 Å². The summed E-state index contributed by atoms with van der Waals surface area (Å²) in [5.74, 6) is -0.0736. The topological polar surface area (TPSA) is 54.9 Å². The summed E-state index contributed by atoms with van der Waals surface area (Å²) >= 11 is 4.70. The highest BCUT2D eigenvalue weighted by Crippen LogP contribution is 2.21. The molecule has 0 bridgehead atoms. The Hall–Kier alpha value is -1.40. The van der Waals surface area contributed by atoms with E-state index in [9.17, 15) is 4.79 Å². The first-order chi connectivity index (χ1) is 9.15. The molecule has 6 heteroatoms. The Labute approximate surface area is 124 Å². The van der Waals surface area contributed by atoms with E-state index in [0.717, 1.165) is 10.2 Å². The van der Waals surface area contributed by atoms with Crippen LogP contribution in [0.3, 0.4) is 0 Å². The fourth-order valence-corrected chi connectivity index (χ4v) is 2.49. The molecule has 0 aliphatic rings. The van der Waals surface area contributed by atoms with Gasteiger partial charge in [-0.2, -0.15) is 0 Å². The molecule has 0 radical (unpaired) electrons. The zero-order chi connectivity index (χ0) is 13.7. The van der Waals surface area contributed by atoms with Gasteiger partial charge in [-0.3, -0.25) is 4.79 Å². The Kier molecular flexibility index (Phi) is 4.93. The number of halogens is 1. The van der Waals surface area contributed by atoms with Gasteiger partial charge in [0.05, 0.1) is 5.25 Å². The Morgan fingerprint density at radius 3 is 2.74 bits per heavy atom. The molecule has 2 rings (SSSR count). The van der Waals surface area contributed by atoms with Crippen molar-refractivity contribution in [3.8, 4) is 0 Å². The number of benzene rings is 1. The highest BCUT2D eigenvalue weighted by atomic mass is 79.9. The summed E-state index contributed by atoms with van der Waals surface area (Å²) in [4.78, 5) is 20.2. The first-order valence-electron chi connectivity index (χ1n) is 5.65. The van der Waals surface area contributed by atoms with E-state index in [-0.39, 0.29) is 11.2 Å². The molecule has 1 aromatic carbocycles. The Morgan fingerprint density at radius 1 is 1.32 bits per heavy atom. The van der Waals surface area contributed by atoms with Crippen molar-refractivity contribution in [1.29, 1.82) is 0 Å². The SMILES string of the molecule is CC(Sc1ncccn1)C(=O)Nc1cccc(Br)c1. The van der Waals surface area contributed by atoms with Crippen molar-refractivity contribution < 1.29 is 4.79 Å². The second-order valence-corrected chi connectivity index (χ2v) is 6.01. The predicted octanol–water partition coefficient (Wildman–Crippen LogP) is 3.36. The van der Waals surface area contributed by atoms with Crippen LogP contribution in [0.15, 0.2) is 52.4 Å². The average molecular weight is 338 g/mol. The van der Waals surface area contributed by atoms with Crippen LogP contribution in [0.2, 0.25) is 0 Å². The molecule has 1 N–H and O–H groups in total. The zero-order valence-electron chi connectivity index (χ0n) is 10.2. The van der Waals surface area contributed by atoms with E-state index in [4.69, 9.17) is 0 Å². The minimum atomic E-state index is -0.263. The Bertz CT molecular complexity index is 565. The second kappa shape index (κ2) is 6.68. The molecular formula is C13H12BrN3OS. The molecule has 0 saturated heterocycles. The normalized spacial score (nSPS) is 11.9. The van der Waals surface area contributed by atoms with Gasteiger partial charge in [0, 0.05) is 22.6 Å². The smallest absolute Gasteiger partial charge is 0.237 e. The van der Waals surface area contributed by atoms with Gasteiger partial charge in [-0.15, -0.1) is 0 Å². The predicted molar refractivity (Wildman–Crippen MR) is 80.1 cm³/mol. The van der Waals surface area contributed by atoms with Gasteiger partial charge in [0.15, 0.2) is 5.16 Å². The highest BCUT2D eigenvalue weighted by Gasteiger charge is 2.15. The first kappa shape index (κ1) is 14.0. The fourth-order valence-electron chi connectivity index (χ4n) is 1.37. The van der Waals surface area contributed by atoms with E-state index in [2.05, 4.69) is 31.2 Å². The summed E-state index contributed by atoms with van der Waals surface area (Å²) in [5, 5.41) is 3.19. The van der Waals surface area contributed by atoms with E-state index in [0.29, 0.717) is 5.16 Å². The third-order valence-electron chi connectivity index (χ3n) is 2.29. The largest absolute Gasteiger partial charge is 0.325 e. The Balaban J connectivity index is 1.96. The van der Waals surface area contributed by atoms with Crippen LogP contribution in [0.5, 0.6) is 0 Å². The maximum Gasteiger partial charge on any atom is 0.237 e. The van der Waals surface area contributed by atoms with Crippen LogP contribution in [0.4, 0.5) is 5.69 Å². The minimum absolute atomic E-state index is 0.0736. The van der Waals surface area contributed by atoms with Crippen LogP contribution < -0.4 is 5.32 Å². The monoisotopic (exact) mass is 337 g/mol. The van der Waals surface area contributed by atoms with Crippen LogP contribution >= 0.6 is 27.7 Å². The molecule has 4 nitrogen and oxygen atoms in total. The number of nitrogens with zero attached hydrogens (tertiary/aromatic N) is 2. The number of aromatic nitrogens is 2. The van der Waals surface area contributed by atoms with Gasteiger partial charge < -0.3 is 5.32 Å². The molecule has 0 saturated carbocycles. The molecule has 1 aromatic heterocycles. The molecule has 0 aliphatic heterocycles. The number of hydrogen-bond acceptors (Lipinski definition) is 4. The number of carbonyl (C=O) groups excluding carboxylic acids is 1. The van der Waals surface area contributed by atoms with Gasteiger partial charge >= 0.3 is 0 Å². The molecule has 0 fully saturated rings. The number of carbonyl (C=O) groups is 1. The van der Waals surface area contributed by atoms with Gasteiger partial charge in [0.2, 0.25) is 5.91 Å². The third-order valence-corrected chi connectivity index (χ3v) is 3.77. The first-order valence-corrected chi connectivity index (χ1v) is 7.32. The molecule has 1 unspecified atom stereocenters. The van der Waals surface area contributed by atoms with E-state index in [1.165, 1.54) is 11.8 Å². The number of amides is 1. The summed E-state index contributed by atoms with van der Waals surface area (Å²) < 4.78 is 0.928. The number of anilines is 1. The Morgan fingerprint density at radius 2 is 2.05 bits per heavy atom. The molecule has 0 spiro atoms. The lowest BCUT2D eigenvalue weighted by Crippen LogP contribution is -2.22. The second-order valence-electron chi connectivity index (χ2n) is 3.79. The van der Waals surface area contributed by atoms with Crippen molar-refractivity contribution in [2.75, 3.05) is 5.32 Å². The van der Waals surface area contributed by atoms with E-state index in [1.54, 1.807) is 18.5 Å². The molecular weight excluding hydrogens is 326 g/mol. The lowest BCUT2D eigenvalue weighted by molar-refractivity contribution is -0.115. The average Bonchev–Trinajstić information content (AvgIpc) is 2.40. The van der Waals surface area contributed by atoms with Gasteiger partial charge in [-0.25, -0.2) is 9.97 Å². The summed E-state index contributed by atoms with van der Waals surface area (Å²) in [5.41, 5.74) is 0.765. The lowest BCUT2D eigenvalue weighted by atomic mass is 10.3. The van der Waals surface area contributed by atoms with Crippen molar-refractivity contribution in [1.82, 2.24) is 9.97 Å². The van der Waals surface area contributed by atoms with Gasteiger partial charge in [-0.1, -0.05) is 33.8 Å². The number of nitrogens with one attached hydrogen (secondary N) is 1. The number of thioether (sulfide) groups is 1. The third kappa shape index (κ3) is 4.33. The molecule has 1 amide bonds. The summed E-state index contributed by atoms with van der Waals surface area (Å²) in [6.07, 6.45) is 3.32. The van der Waals surface area contributed by atoms with E-state index < -0.39 is 0 Å². The molecule has 19 heavy (non-hydrogen) atoms. The van der Waals surface area contributed by atoms with Crippen LogP contribution in [0.25, 0.3) is 0 Å². The molecule has 1 atom stereocenters. The highest BCUT2D eigenvalue weighted by molar-refractivity contribution is 9.10. The minimum Gasteiger partial charge on any atom is -0.325 e. The maximum atomic E-state index is 12.0. The lowest BCUT2D eigenvalue weighted by Gasteiger charge is -2.11. The summed E-state index contributed by atoms with van der Waals surface area (Å²) in [6, 6.07) is 9.23. The number of hydrogen-bond donors (Lipinski definition) is 1. The van der Waals surface area contributed by atoms with Crippen LogP contribution in [-0.2, 0) is 4.79 Å². The molecule has 1 heterocycles. The quantitative estimate of drug-likeness (QED) is 0.686. The maximum absolute atomic E-state index is 12.0.